The van der Waals surface area contributed by atoms with Crippen molar-refractivity contribution in [2.45, 2.75) is 16.4 Å². The number of carbonyl (C=O) groups is 2. The van der Waals surface area contributed by atoms with Crippen LogP contribution in [0.2, 0.25) is 15.3 Å². The first-order valence-corrected chi connectivity index (χ1v) is 12.2. The second-order valence-electron chi connectivity index (χ2n) is 10.5. The van der Waals surface area contributed by atoms with E-state index in [2.05, 4.69) is 11.4 Å². The lowest BCUT2D eigenvalue weighted by Gasteiger charge is -2.45. The number of carbonyl (C=O) groups excluding carboxylic acids is 1. The minimum absolute atomic E-state index is 0.0869. The molecule has 0 saturated carbocycles. The maximum absolute atomic E-state index is 13.8. The lowest BCUT2D eigenvalue weighted by molar-refractivity contribution is -0.119. The van der Waals surface area contributed by atoms with Crippen molar-refractivity contribution < 1.29 is 19.4 Å². The second kappa shape index (κ2) is 10.9. The lowest BCUT2D eigenvalue weighted by Crippen LogP contribution is -2.47. The van der Waals surface area contributed by atoms with Crippen LogP contribution in [-0.4, -0.2) is 67.9 Å². The number of nitriles is 1. The number of hydrogen-bond donors (Lipinski definition) is 2. The predicted octanol–water partition coefficient (Wildman–Crippen LogP) is -0.718. The molecule has 1 unspecified atom stereocenters. The van der Waals surface area contributed by atoms with Gasteiger partial charge < -0.3 is 19.7 Å². The van der Waals surface area contributed by atoms with E-state index in [4.69, 9.17) is 21.4 Å². The summed E-state index contributed by atoms with van der Waals surface area (Å²) in [6, 6.07) is 13.0. The van der Waals surface area contributed by atoms with Gasteiger partial charge in [-0.25, -0.2) is 4.79 Å². The van der Waals surface area contributed by atoms with Gasteiger partial charge in [-0.3, -0.25) is 9.59 Å². The molecule has 0 aliphatic heterocycles. The number of methoxy groups -OCH3 is 1. The van der Waals surface area contributed by atoms with E-state index >= 15 is 0 Å². The summed E-state index contributed by atoms with van der Waals surface area (Å²) in [5.41, 5.74) is 1.15. The van der Waals surface area contributed by atoms with E-state index in [0.29, 0.717) is 27.4 Å². The summed E-state index contributed by atoms with van der Waals surface area (Å²) in [5.74, 6) is -1.24. The number of aromatic nitrogens is 1. The third-order valence-electron chi connectivity index (χ3n) is 7.20. The van der Waals surface area contributed by atoms with Crippen LogP contribution in [0.4, 0.5) is 5.69 Å². The standard InChI is InChI=1S/C24H25B5ClN3O5/c1-38-18-11-33(19(34)9-17(18)16-8-14(30)5-2-13(16)10-31)20(23(25,26)24(27,28)29)21(35)32-15-6-3-12(4-7-15)22(36)37/h2-9,11,20H,25-29H2,1H3,(H,32,35)(H,36,37). The fraction of sp³-hybridized carbons (Fsp3) is 0.167. The highest BCUT2D eigenvalue weighted by Crippen LogP contribution is 2.48. The Bertz CT molecular complexity index is 1500. The minimum Gasteiger partial charge on any atom is -0.495 e. The summed E-state index contributed by atoms with van der Waals surface area (Å²) >= 11 is 6.18. The van der Waals surface area contributed by atoms with E-state index in [1.54, 1.807) is 18.2 Å². The SMILES string of the molecule is BC(B)(B)C(B)(B)C(C(=O)Nc1ccc(C(=O)O)cc1)n1cc(OC)c(-c2cc(Cl)ccc2C#N)cc1=O. The van der Waals surface area contributed by atoms with Crippen molar-refractivity contribution in [3.63, 3.8) is 0 Å². The number of aromatic carboxylic acids is 1. The molecule has 0 radical (unpaired) electrons. The molecule has 2 aromatic carbocycles. The number of halogens is 1. The first-order chi connectivity index (χ1) is 17.7. The molecule has 1 atom stereocenters. The molecule has 38 heavy (non-hydrogen) atoms. The average molecular weight is 525 g/mol. The van der Waals surface area contributed by atoms with Crippen LogP contribution in [0, 0.1) is 11.3 Å². The summed E-state index contributed by atoms with van der Waals surface area (Å²) in [7, 11) is 11.2. The normalized spacial score (nSPS) is 12.2. The number of nitrogens with one attached hydrogen (secondary N) is 1. The molecule has 0 aliphatic rings. The molecular formula is C24H25B5ClN3O5. The Balaban J connectivity index is 2.18. The van der Waals surface area contributed by atoms with Gasteiger partial charge in [-0.1, -0.05) is 16.8 Å². The smallest absolute Gasteiger partial charge is 0.335 e. The lowest BCUT2D eigenvalue weighted by atomic mass is 9.21. The Morgan fingerprint density at radius 2 is 1.71 bits per heavy atom. The predicted molar refractivity (Wildman–Crippen MR) is 162 cm³/mol. The number of hydrogen-bond acceptors (Lipinski definition) is 5. The van der Waals surface area contributed by atoms with E-state index < -0.39 is 33.8 Å². The number of benzene rings is 2. The number of amides is 1. The monoisotopic (exact) mass is 525 g/mol. The molecule has 0 aliphatic carbocycles. The highest BCUT2D eigenvalue weighted by molar-refractivity contribution is 6.67. The molecule has 1 aromatic heterocycles. The molecule has 0 fully saturated rings. The molecule has 2 N–H and O–H groups in total. The highest BCUT2D eigenvalue weighted by Gasteiger charge is 2.44. The zero-order valence-corrected chi connectivity index (χ0v) is 22.9. The van der Waals surface area contributed by atoms with Crippen molar-refractivity contribution in [3.05, 3.63) is 81.2 Å². The van der Waals surface area contributed by atoms with Gasteiger partial charge in [0.2, 0.25) is 5.91 Å². The van der Waals surface area contributed by atoms with E-state index in [1.165, 1.54) is 48.2 Å². The fourth-order valence-corrected chi connectivity index (χ4v) is 4.23. The largest absolute Gasteiger partial charge is 0.495 e. The third kappa shape index (κ3) is 5.71. The molecule has 1 amide bonds. The highest BCUT2D eigenvalue weighted by atomic mass is 35.5. The van der Waals surface area contributed by atoms with Crippen LogP contribution in [0.5, 0.6) is 5.75 Å². The molecule has 3 aromatic rings. The first-order valence-electron chi connectivity index (χ1n) is 11.9. The molecule has 1 heterocycles. The van der Waals surface area contributed by atoms with Crippen molar-refractivity contribution in [1.29, 1.82) is 5.26 Å². The Morgan fingerprint density at radius 3 is 2.24 bits per heavy atom. The zero-order valence-electron chi connectivity index (χ0n) is 22.1. The Labute approximate surface area is 230 Å². The molecule has 8 nitrogen and oxygen atoms in total. The zero-order chi connectivity index (χ0) is 28.4. The van der Waals surface area contributed by atoms with Gasteiger partial charge in [-0.05, 0) is 42.5 Å². The Morgan fingerprint density at radius 1 is 1.08 bits per heavy atom. The van der Waals surface area contributed by atoms with Crippen molar-refractivity contribution >= 4 is 68.4 Å². The van der Waals surface area contributed by atoms with E-state index in [0.717, 1.165) is 0 Å². The third-order valence-corrected chi connectivity index (χ3v) is 7.43. The molecule has 0 spiro atoms. The summed E-state index contributed by atoms with van der Waals surface area (Å²) in [6.07, 6.45) is 1.48. The van der Waals surface area contributed by atoms with Gasteiger partial charge in [-0.2, -0.15) is 5.26 Å². The molecule has 188 valence electrons. The number of anilines is 1. The molecule has 0 saturated heterocycles. The van der Waals surface area contributed by atoms with Crippen molar-refractivity contribution in [2.75, 3.05) is 12.4 Å². The first kappa shape index (κ1) is 28.8. The van der Waals surface area contributed by atoms with Crippen molar-refractivity contribution in [2.24, 2.45) is 0 Å². The number of carboxylic acid groups (broad SMARTS) is 1. The number of nitrogens with zero attached hydrogens (tertiary/aromatic N) is 2. The molecular weight excluding hydrogens is 500 g/mol. The number of pyridine rings is 1. The summed E-state index contributed by atoms with van der Waals surface area (Å²) in [4.78, 5) is 38.6. The molecule has 0 bridgehead atoms. The van der Waals surface area contributed by atoms with Crippen LogP contribution < -0.4 is 15.6 Å². The number of rotatable bonds is 8. The average Bonchev–Trinajstić information content (AvgIpc) is 2.84. The number of carboxylic acids is 1. The van der Waals surface area contributed by atoms with Crippen LogP contribution in [0.1, 0.15) is 22.0 Å². The molecule has 14 heteroatoms. The van der Waals surface area contributed by atoms with Crippen LogP contribution in [0.15, 0.2) is 59.5 Å². The minimum atomic E-state index is -1.08. The van der Waals surface area contributed by atoms with Crippen molar-refractivity contribution in [1.82, 2.24) is 4.57 Å². The number of ether oxygens (including phenoxy) is 1. The van der Waals surface area contributed by atoms with E-state index in [-0.39, 0.29) is 11.3 Å². The quantitative estimate of drug-likeness (QED) is 0.375. The van der Waals surface area contributed by atoms with Crippen LogP contribution >= 0.6 is 11.6 Å². The van der Waals surface area contributed by atoms with Gasteiger partial charge in [0.1, 0.15) is 27.5 Å². The molecule has 3 rings (SSSR count). The maximum Gasteiger partial charge on any atom is 0.335 e. The maximum atomic E-state index is 13.8. The van der Waals surface area contributed by atoms with Gasteiger partial charge in [0.25, 0.3) is 5.56 Å². The van der Waals surface area contributed by atoms with Crippen LogP contribution in [0.25, 0.3) is 11.1 Å². The van der Waals surface area contributed by atoms with E-state index in [9.17, 15) is 19.6 Å². The van der Waals surface area contributed by atoms with Crippen molar-refractivity contribution in [3.8, 4) is 22.9 Å². The van der Waals surface area contributed by atoms with Crippen LogP contribution in [-0.2, 0) is 4.79 Å². The van der Waals surface area contributed by atoms with Gasteiger partial charge in [0.15, 0.2) is 0 Å². The van der Waals surface area contributed by atoms with Gasteiger partial charge in [0.05, 0.1) is 54.0 Å². The topological polar surface area (TPSA) is 121 Å². The fourth-order valence-electron chi connectivity index (χ4n) is 4.06. The Hall–Kier alpha value is -3.77. The van der Waals surface area contributed by atoms with Gasteiger partial charge in [0, 0.05) is 27.9 Å². The summed E-state index contributed by atoms with van der Waals surface area (Å²) in [6.45, 7) is 0. The summed E-state index contributed by atoms with van der Waals surface area (Å²) in [5, 5.41) is 20.8. The van der Waals surface area contributed by atoms with E-state index in [1.807, 2.05) is 39.2 Å². The second-order valence-corrected chi connectivity index (χ2v) is 11.0. The van der Waals surface area contributed by atoms with Gasteiger partial charge in [-0.15, -0.1) is 5.11 Å². The van der Waals surface area contributed by atoms with Gasteiger partial charge >= 0.3 is 5.97 Å². The Kier molecular flexibility index (Phi) is 8.28. The van der Waals surface area contributed by atoms with Crippen LogP contribution in [0.3, 0.4) is 0 Å². The summed E-state index contributed by atoms with van der Waals surface area (Å²) < 4.78 is 6.96.